The van der Waals surface area contributed by atoms with Gasteiger partial charge >= 0.3 is 5.69 Å². The predicted octanol–water partition coefficient (Wildman–Crippen LogP) is 2.96. The van der Waals surface area contributed by atoms with E-state index in [2.05, 4.69) is 15.0 Å². The molecule has 158 valence electrons. The molecule has 4 aromatic rings. The van der Waals surface area contributed by atoms with Crippen molar-refractivity contribution in [1.82, 2.24) is 19.5 Å². The van der Waals surface area contributed by atoms with Crippen LogP contribution in [0.25, 0.3) is 28.2 Å². The van der Waals surface area contributed by atoms with Crippen LogP contribution < -0.4 is 16.2 Å². The number of H-pyrrole nitrogens is 1. The van der Waals surface area contributed by atoms with E-state index in [-0.39, 0.29) is 28.2 Å². The number of nitrogens with zero attached hydrogens (tertiary/aromatic N) is 3. The number of halogens is 3. The van der Waals surface area contributed by atoms with Gasteiger partial charge in [-0.2, -0.15) is 0 Å². The molecule has 31 heavy (non-hydrogen) atoms. The van der Waals surface area contributed by atoms with Crippen LogP contribution in [0.2, 0.25) is 0 Å². The van der Waals surface area contributed by atoms with Crippen molar-refractivity contribution in [3.8, 4) is 22.8 Å². The van der Waals surface area contributed by atoms with Crippen molar-refractivity contribution in [1.29, 1.82) is 0 Å². The van der Waals surface area contributed by atoms with Crippen LogP contribution in [0.3, 0.4) is 0 Å². The third kappa shape index (κ3) is 3.50. The molecule has 0 aliphatic carbocycles. The number of carbonyl (C=O) groups excluding carboxylic acids is 1. The van der Waals surface area contributed by atoms with E-state index in [0.717, 1.165) is 22.8 Å². The third-order valence-corrected chi connectivity index (χ3v) is 4.56. The summed E-state index contributed by atoms with van der Waals surface area (Å²) in [7, 11) is 1.45. The van der Waals surface area contributed by atoms with Gasteiger partial charge in [-0.1, -0.05) is 12.1 Å². The average molecular weight is 429 g/mol. The van der Waals surface area contributed by atoms with Gasteiger partial charge in [-0.3, -0.25) is 4.79 Å². The summed E-state index contributed by atoms with van der Waals surface area (Å²) in [6.45, 7) is 0. The lowest BCUT2D eigenvalue weighted by molar-refractivity contribution is 0.0997. The molecule has 2 aromatic heterocycles. The second-order valence-corrected chi connectivity index (χ2v) is 6.47. The van der Waals surface area contributed by atoms with E-state index in [9.17, 15) is 22.8 Å². The highest BCUT2D eigenvalue weighted by Gasteiger charge is 2.22. The minimum Gasteiger partial charge on any atom is -0.497 e. The molecule has 1 amide bonds. The Kier molecular flexibility index (Phi) is 4.93. The average Bonchev–Trinajstić information content (AvgIpc) is 3.08. The van der Waals surface area contributed by atoms with Crippen molar-refractivity contribution in [2.75, 3.05) is 7.11 Å². The van der Waals surface area contributed by atoms with Crippen LogP contribution in [-0.4, -0.2) is 32.5 Å². The molecule has 8 nitrogen and oxygen atoms in total. The zero-order valence-corrected chi connectivity index (χ0v) is 15.9. The van der Waals surface area contributed by atoms with Crippen LogP contribution in [0.5, 0.6) is 5.75 Å². The summed E-state index contributed by atoms with van der Waals surface area (Å²) in [6.07, 6.45) is -2.86. The summed E-state index contributed by atoms with van der Waals surface area (Å²) >= 11 is 0. The Balaban J connectivity index is 2.05. The summed E-state index contributed by atoms with van der Waals surface area (Å²) < 4.78 is 46.9. The number of fused-ring (bicyclic) bond motifs is 1. The van der Waals surface area contributed by atoms with Crippen LogP contribution in [0, 0.1) is 5.82 Å². The molecule has 0 fully saturated rings. The van der Waals surface area contributed by atoms with Gasteiger partial charge < -0.3 is 15.5 Å². The molecule has 0 aliphatic rings. The number of primary amides is 1. The largest absolute Gasteiger partial charge is 0.497 e. The third-order valence-electron chi connectivity index (χ3n) is 4.56. The maximum Gasteiger partial charge on any atom is 0.332 e. The van der Waals surface area contributed by atoms with Crippen molar-refractivity contribution < 1.29 is 22.7 Å². The first-order valence-corrected chi connectivity index (χ1v) is 8.85. The normalized spacial score (nSPS) is 11.3. The minimum absolute atomic E-state index is 0.0745. The number of rotatable bonds is 5. The van der Waals surface area contributed by atoms with Crippen molar-refractivity contribution in [2.24, 2.45) is 5.73 Å². The first-order valence-electron chi connectivity index (χ1n) is 8.85. The van der Waals surface area contributed by atoms with Crippen LogP contribution in [0.1, 0.15) is 22.5 Å². The number of hydrogen-bond donors (Lipinski definition) is 2. The molecule has 11 heteroatoms. The standard InChI is InChI=1S/C20H14F3N5O3/c1-31-11-4-2-3-10(8-11)28-19-15(26-20(28)30)14(17(24)29)25-18(27-19)12-7-9(16(22)23)5-6-13(12)21/h2-8,16H,1H3,(H2,24,29)(H,26,30). The molecule has 3 N–H and O–H groups in total. The topological polar surface area (TPSA) is 116 Å². The SMILES string of the molecule is COc1cccc(-n2c(=O)[nH]c3c(C(N)=O)nc(-c4cc(C(F)F)ccc4F)nc32)c1. The van der Waals surface area contributed by atoms with E-state index < -0.39 is 29.4 Å². The number of imidazole rings is 1. The number of nitrogens with one attached hydrogen (secondary N) is 1. The van der Waals surface area contributed by atoms with Gasteiger partial charge in [0.1, 0.15) is 17.1 Å². The Morgan fingerprint density at radius 1 is 1.19 bits per heavy atom. The van der Waals surface area contributed by atoms with Crippen LogP contribution in [0.15, 0.2) is 47.3 Å². The first-order chi connectivity index (χ1) is 14.8. The number of carbonyl (C=O) groups is 1. The molecule has 0 saturated carbocycles. The smallest absolute Gasteiger partial charge is 0.332 e. The maximum absolute atomic E-state index is 14.4. The van der Waals surface area contributed by atoms with Gasteiger partial charge in [0, 0.05) is 11.6 Å². The van der Waals surface area contributed by atoms with E-state index in [0.29, 0.717) is 11.4 Å². The van der Waals surface area contributed by atoms with Crippen LogP contribution >= 0.6 is 0 Å². The second kappa shape index (κ2) is 7.59. The van der Waals surface area contributed by atoms with Crippen LogP contribution in [0.4, 0.5) is 13.2 Å². The number of amides is 1. The number of nitrogens with two attached hydrogens (primary N) is 1. The van der Waals surface area contributed by atoms with E-state index in [4.69, 9.17) is 10.5 Å². The van der Waals surface area contributed by atoms with Crippen molar-refractivity contribution >= 4 is 17.1 Å². The fourth-order valence-corrected chi connectivity index (χ4v) is 3.12. The first kappa shape index (κ1) is 20.1. The predicted molar refractivity (Wildman–Crippen MR) is 105 cm³/mol. The van der Waals surface area contributed by atoms with Gasteiger partial charge in [-0.25, -0.2) is 32.5 Å². The highest BCUT2D eigenvalue weighted by molar-refractivity contribution is 6.02. The second-order valence-electron chi connectivity index (χ2n) is 6.47. The van der Waals surface area contributed by atoms with Gasteiger partial charge in [-0.15, -0.1) is 0 Å². The summed E-state index contributed by atoms with van der Waals surface area (Å²) in [5.74, 6) is -1.83. The highest BCUT2D eigenvalue weighted by Crippen LogP contribution is 2.28. The lowest BCUT2D eigenvalue weighted by atomic mass is 10.1. The van der Waals surface area contributed by atoms with Crippen LogP contribution in [-0.2, 0) is 0 Å². The number of aromatic nitrogens is 4. The van der Waals surface area contributed by atoms with Gasteiger partial charge in [0.2, 0.25) is 0 Å². The molecular formula is C20H14F3N5O3. The van der Waals surface area contributed by atoms with Gasteiger partial charge in [-0.05, 0) is 24.3 Å². The summed E-state index contributed by atoms with van der Waals surface area (Å²) in [5, 5.41) is 0. The molecule has 0 spiro atoms. The molecule has 2 aromatic carbocycles. The molecule has 2 heterocycles. The number of alkyl halides is 2. The number of ether oxygens (including phenoxy) is 1. The Bertz CT molecular complexity index is 1380. The van der Waals surface area contributed by atoms with Gasteiger partial charge in [0.25, 0.3) is 12.3 Å². The van der Waals surface area contributed by atoms with E-state index >= 15 is 0 Å². The van der Waals surface area contributed by atoms with E-state index in [1.54, 1.807) is 24.3 Å². The quantitative estimate of drug-likeness (QED) is 0.506. The van der Waals surface area contributed by atoms with Gasteiger partial charge in [0.05, 0.1) is 18.4 Å². The van der Waals surface area contributed by atoms with E-state index in [1.807, 2.05) is 0 Å². The number of methoxy groups -OCH3 is 1. The molecular weight excluding hydrogens is 415 g/mol. The molecule has 0 bridgehead atoms. The summed E-state index contributed by atoms with van der Waals surface area (Å²) in [6, 6.07) is 9.07. The number of benzene rings is 2. The monoisotopic (exact) mass is 429 g/mol. The van der Waals surface area contributed by atoms with E-state index in [1.165, 1.54) is 7.11 Å². The fraction of sp³-hybridized carbons (Fsp3) is 0.100. The lowest BCUT2D eigenvalue weighted by Gasteiger charge is -2.09. The van der Waals surface area contributed by atoms with Crippen molar-refractivity contribution in [2.45, 2.75) is 6.43 Å². The molecule has 0 aliphatic heterocycles. The Hall–Kier alpha value is -4.15. The molecule has 0 radical (unpaired) electrons. The maximum atomic E-state index is 14.4. The molecule has 4 rings (SSSR count). The summed E-state index contributed by atoms with van der Waals surface area (Å²) in [5.41, 5.74) is 3.68. The summed E-state index contributed by atoms with van der Waals surface area (Å²) in [4.78, 5) is 35.2. The molecule has 0 unspecified atom stereocenters. The van der Waals surface area contributed by atoms with Gasteiger partial charge in [0.15, 0.2) is 17.2 Å². The lowest BCUT2D eigenvalue weighted by Crippen LogP contribution is -2.15. The Morgan fingerprint density at radius 2 is 1.97 bits per heavy atom. The fourth-order valence-electron chi connectivity index (χ4n) is 3.12. The Morgan fingerprint density at radius 3 is 2.65 bits per heavy atom. The molecule has 0 saturated heterocycles. The Labute approximate surface area is 172 Å². The number of hydrogen-bond acceptors (Lipinski definition) is 5. The van der Waals surface area contributed by atoms with Crippen molar-refractivity contribution in [3.05, 3.63) is 70.0 Å². The van der Waals surface area contributed by atoms with Crippen molar-refractivity contribution in [3.63, 3.8) is 0 Å². The number of aromatic amines is 1. The minimum atomic E-state index is -2.86. The highest BCUT2D eigenvalue weighted by atomic mass is 19.3. The zero-order valence-electron chi connectivity index (χ0n) is 15.9. The zero-order chi connectivity index (χ0) is 22.3. The molecule has 0 atom stereocenters.